The summed E-state index contributed by atoms with van der Waals surface area (Å²) in [4.78, 5) is 0. The molecule has 0 bridgehead atoms. The van der Waals surface area contributed by atoms with Crippen LogP contribution in [-0.2, 0) is 0 Å². The van der Waals surface area contributed by atoms with Gasteiger partial charge in [-0.3, -0.25) is 0 Å². The van der Waals surface area contributed by atoms with Crippen molar-refractivity contribution in [3.05, 3.63) is 17.2 Å². The van der Waals surface area contributed by atoms with Crippen LogP contribution in [0.5, 0.6) is 0 Å². The summed E-state index contributed by atoms with van der Waals surface area (Å²) in [6.45, 7) is 4.38. The second-order valence-corrected chi connectivity index (χ2v) is 4.22. The SMILES string of the molecule is CCC1=C(C(C)CSC)C=C=NN=C1. The van der Waals surface area contributed by atoms with E-state index in [2.05, 4.69) is 36.2 Å². The molecule has 0 saturated heterocycles. The van der Waals surface area contributed by atoms with Gasteiger partial charge in [0.1, 0.15) is 0 Å². The second-order valence-electron chi connectivity index (χ2n) is 3.31. The minimum atomic E-state index is 0.548. The minimum Gasteiger partial charge on any atom is -0.165 e. The Morgan fingerprint density at radius 1 is 1.57 bits per heavy atom. The van der Waals surface area contributed by atoms with Crippen LogP contribution < -0.4 is 0 Å². The largest absolute Gasteiger partial charge is 0.165 e. The molecule has 0 aromatic heterocycles. The molecule has 0 N–H and O–H groups in total. The normalized spacial score (nSPS) is 17.4. The van der Waals surface area contributed by atoms with Crippen LogP contribution in [0.15, 0.2) is 27.4 Å². The van der Waals surface area contributed by atoms with Crippen LogP contribution >= 0.6 is 11.8 Å². The predicted octanol–water partition coefficient (Wildman–Crippen LogP) is 2.92. The van der Waals surface area contributed by atoms with Crippen molar-refractivity contribution < 1.29 is 0 Å². The van der Waals surface area contributed by atoms with E-state index >= 15 is 0 Å². The third kappa shape index (κ3) is 2.86. The van der Waals surface area contributed by atoms with E-state index in [1.165, 1.54) is 11.1 Å². The predicted molar refractivity (Wildman–Crippen MR) is 65.4 cm³/mol. The fourth-order valence-electron chi connectivity index (χ4n) is 1.49. The molecule has 1 aliphatic heterocycles. The fraction of sp³-hybridized carbons (Fsp3) is 0.545. The Morgan fingerprint density at radius 3 is 3.00 bits per heavy atom. The summed E-state index contributed by atoms with van der Waals surface area (Å²) in [5.41, 5.74) is 2.60. The van der Waals surface area contributed by atoms with Crippen molar-refractivity contribution in [3.8, 4) is 0 Å². The van der Waals surface area contributed by atoms with Gasteiger partial charge in [0, 0.05) is 11.9 Å². The summed E-state index contributed by atoms with van der Waals surface area (Å²) in [5.74, 6) is 4.51. The van der Waals surface area contributed by atoms with Gasteiger partial charge in [-0.25, -0.2) is 0 Å². The van der Waals surface area contributed by atoms with E-state index in [0.29, 0.717) is 5.92 Å². The molecule has 0 aromatic carbocycles. The van der Waals surface area contributed by atoms with Gasteiger partial charge < -0.3 is 0 Å². The Hall–Kier alpha value is -0.790. The van der Waals surface area contributed by atoms with Crippen LogP contribution in [-0.4, -0.2) is 24.1 Å². The van der Waals surface area contributed by atoms with Gasteiger partial charge in [0.2, 0.25) is 0 Å². The average Bonchev–Trinajstić information content (AvgIpc) is 2.42. The molecule has 0 amide bonds. The maximum absolute atomic E-state index is 3.91. The molecule has 2 nitrogen and oxygen atoms in total. The zero-order valence-corrected chi connectivity index (χ0v) is 9.77. The molecule has 3 heteroatoms. The number of rotatable bonds is 4. The van der Waals surface area contributed by atoms with E-state index in [1.54, 1.807) is 0 Å². The smallest absolute Gasteiger partial charge is 0.0538 e. The minimum absolute atomic E-state index is 0.548. The van der Waals surface area contributed by atoms with Crippen molar-refractivity contribution in [3.63, 3.8) is 0 Å². The lowest BCUT2D eigenvalue weighted by Crippen LogP contribution is -2.04. The lowest BCUT2D eigenvalue weighted by molar-refractivity contribution is 0.796. The van der Waals surface area contributed by atoms with Gasteiger partial charge >= 0.3 is 0 Å². The Kier molecular flexibility index (Phi) is 4.71. The molecule has 1 atom stereocenters. The molecular formula is C11H16N2S. The summed E-state index contributed by atoms with van der Waals surface area (Å²) in [7, 11) is 0. The van der Waals surface area contributed by atoms with Crippen LogP contribution in [0, 0.1) is 5.92 Å². The van der Waals surface area contributed by atoms with Crippen LogP contribution in [0.2, 0.25) is 0 Å². The van der Waals surface area contributed by atoms with Crippen molar-refractivity contribution in [1.29, 1.82) is 0 Å². The van der Waals surface area contributed by atoms with E-state index in [9.17, 15) is 0 Å². The van der Waals surface area contributed by atoms with E-state index in [-0.39, 0.29) is 0 Å². The van der Waals surface area contributed by atoms with Gasteiger partial charge in [0.15, 0.2) is 0 Å². The van der Waals surface area contributed by atoms with Gasteiger partial charge in [-0.2, -0.15) is 16.9 Å². The fourth-order valence-corrected chi connectivity index (χ4v) is 2.17. The maximum atomic E-state index is 3.91. The van der Waals surface area contributed by atoms with Crippen molar-refractivity contribution in [2.75, 3.05) is 12.0 Å². The first-order valence-electron chi connectivity index (χ1n) is 4.83. The third-order valence-corrected chi connectivity index (χ3v) is 3.08. The van der Waals surface area contributed by atoms with E-state index in [1.807, 2.05) is 24.1 Å². The topological polar surface area (TPSA) is 24.7 Å². The van der Waals surface area contributed by atoms with Gasteiger partial charge in [-0.1, -0.05) is 13.8 Å². The molecule has 76 valence electrons. The van der Waals surface area contributed by atoms with Crippen LogP contribution in [0.25, 0.3) is 0 Å². The van der Waals surface area contributed by atoms with Crippen molar-refractivity contribution in [2.24, 2.45) is 16.1 Å². The highest BCUT2D eigenvalue weighted by molar-refractivity contribution is 7.98. The molecule has 1 rings (SSSR count). The summed E-state index contributed by atoms with van der Waals surface area (Å²) >= 11 is 1.87. The number of allylic oxidation sites excluding steroid dienone is 3. The van der Waals surface area contributed by atoms with Crippen LogP contribution in [0.3, 0.4) is 0 Å². The first kappa shape index (κ1) is 11.3. The van der Waals surface area contributed by atoms with Crippen molar-refractivity contribution in [1.82, 2.24) is 0 Å². The monoisotopic (exact) mass is 208 g/mol. The standard InChI is InChI=1S/C11H16N2S/c1-4-10-7-13-12-6-5-11(10)9(2)8-14-3/h5,7,9H,4,8H2,1-3H3. The third-order valence-electron chi connectivity index (χ3n) is 2.25. The summed E-state index contributed by atoms with van der Waals surface area (Å²) < 4.78 is 0. The average molecular weight is 208 g/mol. The molecule has 1 heterocycles. The molecule has 0 fully saturated rings. The molecule has 0 aliphatic carbocycles. The first-order valence-corrected chi connectivity index (χ1v) is 6.22. The molecule has 0 saturated carbocycles. The van der Waals surface area contributed by atoms with Crippen LogP contribution in [0.4, 0.5) is 0 Å². The van der Waals surface area contributed by atoms with Crippen molar-refractivity contribution in [2.45, 2.75) is 20.3 Å². The summed E-state index contributed by atoms with van der Waals surface area (Å²) in [6, 6.07) is 0. The highest BCUT2D eigenvalue weighted by atomic mass is 32.2. The lowest BCUT2D eigenvalue weighted by atomic mass is 9.96. The second kappa shape index (κ2) is 5.84. The molecule has 0 radical (unpaired) electrons. The Bertz CT molecular complexity index is 309. The van der Waals surface area contributed by atoms with Gasteiger partial charge in [0.25, 0.3) is 0 Å². The first-order chi connectivity index (χ1) is 6.79. The highest BCUT2D eigenvalue weighted by Crippen LogP contribution is 2.21. The molecule has 1 aliphatic rings. The number of thioether (sulfide) groups is 1. The molecule has 1 unspecified atom stereocenters. The lowest BCUT2D eigenvalue weighted by Gasteiger charge is -2.13. The van der Waals surface area contributed by atoms with Gasteiger partial charge in [-0.05, 0) is 35.5 Å². The Balaban J connectivity index is 2.94. The highest BCUT2D eigenvalue weighted by Gasteiger charge is 2.10. The van der Waals surface area contributed by atoms with Gasteiger partial charge in [0.05, 0.1) is 6.21 Å². The summed E-state index contributed by atoms with van der Waals surface area (Å²) in [6.07, 6.45) is 6.95. The molecule has 0 spiro atoms. The van der Waals surface area contributed by atoms with Crippen molar-refractivity contribution >= 4 is 23.8 Å². The van der Waals surface area contributed by atoms with E-state index in [4.69, 9.17) is 0 Å². The number of hydrogen-bond acceptors (Lipinski definition) is 3. The zero-order valence-electron chi connectivity index (χ0n) is 8.95. The Labute approximate surface area is 89.9 Å². The Morgan fingerprint density at radius 2 is 2.36 bits per heavy atom. The summed E-state index contributed by atoms with van der Waals surface area (Å²) in [5, 5.41) is 7.69. The van der Waals surface area contributed by atoms with Gasteiger partial charge in [-0.15, -0.1) is 5.10 Å². The van der Waals surface area contributed by atoms with E-state index in [0.717, 1.165) is 12.2 Å². The molecule has 14 heavy (non-hydrogen) atoms. The van der Waals surface area contributed by atoms with Crippen LogP contribution in [0.1, 0.15) is 20.3 Å². The zero-order chi connectivity index (χ0) is 10.4. The molecule has 0 aromatic rings. The maximum Gasteiger partial charge on any atom is 0.0538 e. The quantitative estimate of drug-likeness (QED) is 0.697. The van der Waals surface area contributed by atoms with E-state index < -0.39 is 0 Å². The molecular weight excluding hydrogens is 192 g/mol. The number of hydrogen-bond donors (Lipinski definition) is 0. The number of nitrogens with zero attached hydrogens (tertiary/aromatic N) is 2.